The van der Waals surface area contributed by atoms with E-state index in [4.69, 9.17) is 11.6 Å². The van der Waals surface area contributed by atoms with E-state index in [1.54, 1.807) is 6.07 Å². The Hall–Kier alpha value is -0.160. The van der Waals surface area contributed by atoms with Gasteiger partial charge in [-0.15, -0.1) is 0 Å². The zero-order valence-electron chi connectivity index (χ0n) is 8.77. The van der Waals surface area contributed by atoms with E-state index < -0.39 is 0 Å². The number of nitrogens with zero attached hydrogens (tertiary/aromatic N) is 1. The number of benzene rings is 1. The number of rotatable bonds is 2. The molecule has 0 saturated carbocycles. The van der Waals surface area contributed by atoms with Crippen LogP contribution in [0.15, 0.2) is 16.6 Å². The van der Waals surface area contributed by atoms with E-state index in [1.807, 2.05) is 0 Å². The number of hydrogen-bond donors (Lipinski definition) is 1. The molecule has 1 aliphatic heterocycles. The van der Waals surface area contributed by atoms with Crippen molar-refractivity contribution in [1.29, 1.82) is 0 Å². The summed E-state index contributed by atoms with van der Waals surface area (Å²) in [7, 11) is 0. The van der Waals surface area contributed by atoms with Crippen LogP contribution in [0.3, 0.4) is 0 Å². The molecule has 0 aliphatic carbocycles. The molecule has 0 aromatic heterocycles. The third-order valence-electron chi connectivity index (χ3n) is 2.69. The predicted molar refractivity (Wildman–Crippen MR) is 67.3 cm³/mol. The molecule has 2 rings (SSSR count). The molecule has 16 heavy (non-hydrogen) atoms. The lowest BCUT2D eigenvalue weighted by Crippen LogP contribution is -2.42. The van der Waals surface area contributed by atoms with Crippen molar-refractivity contribution in [2.24, 2.45) is 0 Å². The summed E-state index contributed by atoms with van der Waals surface area (Å²) < 4.78 is 13.7. The molecule has 1 N–H and O–H groups in total. The van der Waals surface area contributed by atoms with Gasteiger partial charge < -0.3 is 5.32 Å². The molecule has 88 valence electrons. The Balaban J connectivity index is 2.11. The fourth-order valence-electron chi connectivity index (χ4n) is 1.80. The van der Waals surface area contributed by atoms with Crippen molar-refractivity contribution in [3.8, 4) is 0 Å². The highest BCUT2D eigenvalue weighted by molar-refractivity contribution is 9.10. The monoisotopic (exact) mass is 306 g/mol. The molecule has 1 heterocycles. The van der Waals surface area contributed by atoms with Gasteiger partial charge in [0.25, 0.3) is 0 Å². The van der Waals surface area contributed by atoms with Crippen molar-refractivity contribution in [3.05, 3.63) is 33.0 Å². The van der Waals surface area contributed by atoms with Gasteiger partial charge in [0.2, 0.25) is 0 Å². The Labute approximate surface area is 108 Å². The third kappa shape index (κ3) is 2.94. The van der Waals surface area contributed by atoms with E-state index in [0.29, 0.717) is 9.50 Å². The van der Waals surface area contributed by atoms with E-state index in [-0.39, 0.29) is 5.82 Å². The maximum absolute atomic E-state index is 13.2. The first-order chi connectivity index (χ1) is 7.66. The van der Waals surface area contributed by atoms with Crippen LogP contribution in [-0.2, 0) is 6.54 Å². The molecular formula is C11H13BrClFN2. The van der Waals surface area contributed by atoms with Crippen molar-refractivity contribution >= 4 is 27.5 Å². The summed E-state index contributed by atoms with van der Waals surface area (Å²) in [6.45, 7) is 4.79. The quantitative estimate of drug-likeness (QED) is 0.845. The van der Waals surface area contributed by atoms with E-state index in [1.165, 1.54) is 6.07 Å². The maximum Gasteiger partial charge on any atom is 0.138 e. The first-order valence-electron chi connectivity index (χ1n) is 5.23. The fourth-order valence-corrected chi connectivity index (χ4v) is 2.40. The van der Waals surface area contributed by atoms with Gasteiger partial charge in [0.1, 0.15) is 5.82 Å². The molecule has 0 bridgehead atoms. The van der Waals surface area contributed by atoms with E-state index >= 15 is 0 Å². The van der Waals surface area contributed by atoms with Gasteiger partial charge in [-0.1, -0.05) is 11.6 Å². The average molecular weight is 308 g/mol. The predicted octanol–water partition coefficient (Wildman–Crippen LogP) is 2.65. The van der Waals surface area contributed by atoms with Crippen LogP contribution in [0.1, 0.15) is 5.56 Å². The first kappa shape index (κ1) is 12.3. The molecule has 1 aliphatic rings. The Morgan fingerprint density at radius 3 is 2.75 bits per heavy atom. The van der Waals surface area contributed by atoms with Gasteiger partial charge in [-0.25, -0.2) is 4.39 Å². The van der Waals surface area contributed by atoms with Crippen molar-refractivity contribution < 1.29 is 4.39 Å². The average Bonchev–Trinajstić information content (AvgIpc) is 2.27. The van der Waals surface area contributed by atoms with Crippen molar-refractivity contribution in [3.63, 3.8) is 0 Å². The molecular weight excluding hydrogens is 294 g/mol. The summed E-state index contributed by atoms with van der Waals surface area (Å²) in [5, 5.41) is 3.79. The Kier molecular flexibility index (Phi) is 4.19. The Morgan fingerprint density at radius 2 is 2.06 bits per heavy atom. The molecule has 0 spiro atoms. The molecule has 5 heteroatoms. The van der Waals surface area contributed by atoms with Crippen LogP contribution in [0.4, 0.5) is 4.39 Å². The van der Waals surface area contributed by atoms with Crippen LogP contribution in [0.2, 0.25) is 5.02 Å². The van der Waals surface area contributed by atoms with Gasteiger partial charge in [0.05, 0.1) is 4.47 Å². The van der Waals surface area contributed by atoms with Gasteiger partial charge in [-0.3, -0.25) is 4.90 Å². The summed E-state index contributed by atoms with van der Waals surface area (Å²) in [6.07, 6.45) is 0. The summed E-state index contributed by atoms with van der Waals surface area (Å²) in [5.41, 5.74) is 0.969. The SMILES string of the molecule is Fc1cc(Cl)c(CN2CCNCC2)cc1Br. The zero-order valence-corrected chi connectivity index (χ0v) is 11.1. The zero-order chi connectivity index (χ0) is 11.5. The number of hydrogen-bond acceptors (Lipinski definition) is 2. The molecule has 2 nitrogen and oxygen atoms in total. The van der Waals surface area contributed by atoms with Crippen LogP contribution in [0, 0.1) is 5.82 Å². The van der Waals surface area contributed by atoms with Crippen molar-refractivity contribution in [1.82, 2.24) is 10.2 Å². The standard InChI is InChI=1S/C11H13BrClFN2/c12-9-5-8(10(13)6-11(9)14)7-16-3-1-15-2-4-16/h5-6,15H,1-4,7H2. The largest absolute Gasteiger partial charge is 0.314 e. The van der Waals surface area contributed by atoms with Gasteiger partial charge in [-0.05, 0) is 33.6 Å². The van der Waals surface area contributed by atoms with E-state index in [2.05, 4.69) is 26.1 Å². The Morgan fingerprint density at radius 1 is 1.38 bits per heavy atom. The molecule has 1 saturated heterocycles. The van der Waals surface area contributed by atoms with Gasteiger partial charge in [0, 0.05) is 37.7 Å². The number of halogens is 3. The molecule has 0 atom stereocenters. The normalized spacial score (nSPS) is 17.7. The minimum atomic E-state index is -0.311. The van der Waals surface area contributed by atoms with Crippen LogP contribution < -0.4 is 5.32 Å². The topological polar surface area (TPSA) is 15.3 Å². The summed E-state index contributed by atoms with van der Waals surface area (Å²) in [4.78, 5) is 2.31. The number of nitrogens with one attached hydrogen (secondary N) is 1. The van der Waals surface area contributed by atoms with Crippen LogP contribution in [0.25, 0.3) is 0 Å². The second-order valence-corrected chi connectivity index (χ2v) is 5.15. The van der Waals surface area contributed by atoms with Crippen molar-refractivity contribution in [2.75, 3.05) is 26.2 Å². The van der Waals surface area contributed by atoms with Crippen LogP contribution in [-0.4, -0.2) is 31.1 Å². The smallest absolute Gasteiger partial charge is 0.138 e. The summed E-state index contributed by atoms with van der Waals surface area (Å²) in [5.74, 6) is -0.311. The van der Waals surface area contributed by atoms with Gasteiger partial charge in [-0.2, -0.15) is 0 Å². The lowest BCUT2D eigenvalue weighted by atomic mass is 10.2. The highest BCUT2D eigenvalue weighted by Gasteiger charge is 2.13. The maximum atomic E-state index is 13.2. The number of piperazine rings is 1. The van der Waals surface area contributed by atoms with Gasteiger partial charge in [0.15, 0.2) is 0 Å². The highest BCUT2D eigenvalue weighted by Crippen LogP contribution is 2.25. The van der Waals surface area contributed by atoms with E-state index in [0.717, 1.165) is 38.3 Å². The van der Waals surface area contributed by atoms with E-state index in [9.17, 15) is 4.39 Å². The summed E-state index contributed by atoms with van der Waals surface area (Å²) >= 11 is 9.20. The lowest BCUT2D eigenvalue weighted by molar-refractivity contribution is 0.233. The second-order valence-electron chi connectivity index (χ2n) is 3.88. The lowest BCUT2D eigenvalue weighted by Gasteiger charge is -2.27. The molecule has 1 fully saturated rings. The third-order valence-corrected chi connectivity index (χ3v) is 3.65. The van der Waals surface area contributed by atoms with Crippen molar-refractivity contribution in [2.45, 2.75) is 6.54 Å². The first-order valence-corrected chi connectivity index (χ1v) is 6.40. The summed E-state index contributed by atoms with van der Waals surface area (Å²) in [6, 6.07) is 3.13. The molecule has 1 aromatic carbocycles. The molecule has 0 amide bonds. The fraction of sp³-hybridized carbons (Fsp3) is 0.455. The van der Waals surface area contributed by atoms with Crippen LogP contribution >= 0.6 is 27.5 Å². The minimum absolute atomic E-state index is 0.311. The van der Waals surface area contributed by atoms with Gasteiger partial charge >= 0.3 is 0 Å². The molecule has 0 unspecified atom stereocenters. The highest BCUT2D eigenvalue weighted by atomic mass is 79.9. The van der Waals surface area contributed by atoms with Crippen LogP contribution in [0.5, 0.6) is 0 Å². The Bertz CT molecular complexity index is 380. The molecule has 1 aromatic rings. The minimum Gasteiger partial charge on any atom is -0.314 e. The molecule has 0 radical (unpaired) electrons. The second kappa shape index (κ2) is 5.45.